The zero-order valence-corrected chi connectivity index (χ0v) is 22.6. The van der Waals surface area contributed by atoms with Crippen LogP contribution in [-0.2, 0) is 10.0 Å². The molecule has 1 saturated carbocycles. The minimum absolute atomic E-state index is 0. The van der Waals surface area contributed by atoms with Crippen molar-refractivity contribution in [3.8, 4) is 17.0 Å². The number of pyridine rings is 2. The Morgan fingerprint density at radius 2 is 1.89 bits per heavy atom. The Balaban J connectivity index is 0.00000280. The maximum Gasteiger partial charge on any atom is 0.269 e. The van der Waals surface area contributed by atoms with Crippen molar-refractivity contribution in [2.45, 2.75) is 51.3 Å². The topological polar surface area (TPSA) is 118 Å². The SMILES string of the molecule is CC(C)COc1ccc(F)c(-c2ccc(C(=O)NS(=O)(=O)c3ccc[nH]c3=O)c(C3[C@H](C)CC[C@H]3C)n2)c1.[HH].[HH]. The van der Waals surface area contributed by atoms with Crippen molar-refractivity contribution in [2.75, 3.05) is 6.61 Å². The predicted octanol–water partition coefficient (Wildman–Crippen LogP) is 5.37. The summed E-state index contributed by atoms with van der Waals surface area (Å²) in [6, 6.07) is 9.90. The Labute approximate surface area is 224 Å². The highest BCUT2D eigenvalue weighted by Crippen LogP contribution is 2.44. The highest BCUT2D eigenvalue weighted by Gasteiger charge is 2.36. The molecule has 1 fully saturated rings. The summed E-state index contributed by atoms with van der Waals surface area (Å²) in [6.45, 7) is 8.62. The number of amides is 1. The molecule has 8 nitrogen and oxygen atoms in total. The summed E-state index contributed by atoms with van der Waals surface area (Å²) in [7, 11) is -4.44. The van der Waals surface area contributed by atoms with Gasteiger partial charge in [-0.1, -0.05) is 27.7 Å². The molecule has 2 aromatic heterocycles. The van der Waals surface area contributed by atoms with Crippen LogP contribution in [0.1, 0.15) is 65.4 Å². The fourth-order valence-corrected chi connectivity index (χ4v) is 5.98. The molecular weight excluding hydrogens is 509 g/mol. The van der Waals surface area contributed by atoms with Gasteiger partial charge in [-0.15, -0.1) is 0 Å². The maximum absolute atomic E-state index is 14.9. The van der Waals surface area contributed by atoms with E-state index < -0.39 is 32.2 Å². The number of sulfonamides is 1. The Morgan fingerprint density at radius 1 is 1.18 bits per heavy atom. The van der Waals surface area contributed by atoms with Crippen LogP contribution < -0.4 is 15.0 Å². The fraction of sp³-hybridized carbons (Fsp3) is 0.393. The van der Waals surface area contributed by atoms with Gasteiger partial charge in [0, 0.05) is 20.5 Å². The molecule has 38 heavy (non-hydrogen) atoms. The molecule has 2 N–H and O–H groups in total. The quantitative estimate of drug-likeness (QED) is 0.393. The molecule has 3 aromatic rings. The summed E-state index contributed by atoms with van der Waals surface area (Å²) in [5.41, 5.74) is 0.180. The van der Waals surface area contributed by atoms with Gasteiger partial charge in [-0.2, -0.15) is 0 Å². The lowest BCUT2D eigenvalue weighted by Crippen LogP contribution is -2.35. The van der Waals surface area contributed by atoms with E-state index in [1.54, 1.807) is 12.1 Å². The number of nitrogens with one attached hydrogen (secondary N) is 2. The third-order valence-electron chi connectivity index (χ3n) is 6.88. The Kier molecular flexibility index (Phi) is 8.01. The number of carbonyl (C=O) groups excluding carboxylic acids is 1. The summed E-state index contributed by atoms with van der Waals surface area (Å²) >= 11 is 0. The third kappa shape index (κ3) is 5.80. The number of hydrogen-bond acceptors (Lipinski definition) is 6. The molecular formula is C28H36FN3O5S. The molecule has 0 saturated heterocycles. The Hall–Kier alpha value is -3.53. The lowest BCUT2D eigenvalue weighted by atomic mass is 9.85. The number of aromatic amines is 1. The van der Waals surface area contributed by atoms with Gasteiger partial charge in [-0.3, -0.25) is 14.6 Å². The van der Waals surface area contributed by atoms with Crippen LogP contribution in [0.3, 0.4) is 0 Å². The predicted molar refractivity (Wildman–Crippen MR) is 146 cm³/mol. The van der Waals surface area contributed by atoms with Gasteiger partial charge in [0.1, 0.15) is 11.6 Å². The number of halogens is 1. The Bertz CT molecular complexity index is 1500. The Morgan fingerprint density at radius 3 is 2.55 bits per heavy atom. The lowest BCUT2D eigenvalue weighted by Gasteiger charge is -2.23. The average Bonchev–Trinajstić information content (AvgIpc) is 3.20. The van der Waals surface area contributed by atoms with E-state index in [1.807, 2.05) is 18.6 Å². The molecule has 4 rings (SSSR count). The largest absolute Gasteiger partial charge is 0.493 e. The first-order valence-corrected chi connectivity index (χ1v) is 14.1. The maximum atomic E-state index is 14.9. The minimum atomic E-state index is -4.44. The van der Waals surface area contributed by atoms with Gasteiger partial charge in [0.2, 0.25) is 0 Å². The monoisotopic (exact) mass is 545 g/mol. The van der Waals surface area contributed by atoms with Crippen LogP contribution >= 0.6 is 0 Å². The van der Waals surface area contributed by atoms with Crippen LogP contribution in [0.5, 0.6) is 5.75 Å². The van der Waals surface area contributed by atoms with Gasteiger partial charge in [0.05, 0.1) is 23.6 Å². The average molecular weight is 546 g/mol. The van der Waals surface area contributed by atoms with Crippen molar-refractivity contribution in [1.29, 1.82) is 0 Å². The van der Waals surface area contributed by atoms with E-state index in [9.17, 15) is 22.4 Å². The number of H-pyrrole nitrogens is 1. The van der Waals surface area contributed by atoms with E-state index in [2.05, 4.69) is 18.8 Å². The smallest absolute Gasteiger partial charge is 0.269 e. The van der Waals surface area contributed by atoms with Crippen molar-refractivity contribution in [1.82, 2.24) is 14.7 Å². The minimum Gasteiger partial charge on any atom is -0.493 e. The van der Waals surface area contributed by atoms with Crippen molar-refractivity contribution in [3.63, 3.8) is 0 Å². The first-order chi connectivity index (χ1) is 18.0. The highest BCUT2D eigenvalue weighted by molar-refractivity contribution is 7.90. The second-order valence-electron chi connectivity index (χ2n) is 10.3. The van der Waals surface area contributed by atoms with Crippen molar-refractivity contribution in [3.05, 3.63) is 76.1 Å². The number of rotatable bonds is 8. The summed E-state index contributed by atoms with van der Waals surface area (Å²) in [4.78, 5) is 31.8. The zero-order chi connectivity index (χ0) is 27.6. The summed E-state index contributed by atoms with van der Waals surface area (Å²) in [5.74, 6) is -0.376. The fourth-order valence-electron chi connectivity index (χ4n) is 4.96. The molecule has 0 spiro atoms. The first-order valence-electron chi connectivity index (χ1n) is 12.7. The van der Waals surface area contributed by atoms with Crippen LogP contribution in [-0.4, -0.2) is 30.9 Å². The molecule has 0 unspecified atom stereocenters. The molecule has 1 aliphatic rings. The molecule has 0 aliphatic heterocycles. The zero-order valence-electron chi connectivity index (χ0n) is 21.8. The van der Waals surface area contributed by atoms with E-state index in [0.29, 0.717) is 29.7 Å². The number of carbonyl (C=O) groups is 1. The van der Waals surface area contributed by atoms with Gasteiger partial charge in [0.15, 0.2) is 4.90 Å². The molecule has 1 aromatic carbocycles. The number of nitrogens with zero attached hydrogens (tertiary/aromatic N) is 1. The highest BCUT2D eigenvalue weighted by atomic mass is 32.2. The number of ether oxygens (including phenoxy) is 1. The van der Waals surface area contributed by atoms with Gasteiger partial charge in [-0.05, 0) is 73.1 Å². The molecule has 2 atom stereocenters. The third-order valence-corrected chi connectivity index (χ3v) is 8.24. The van der Waals surface area contributed by atoms with Crippen LogP contribution in [0, 0.1) is 23.6 Å². The normalized spacial score (nSPS) is 18.1. The standard InChI is InChI=1S/C28H32FN3O5S.2H2/c1-16(2)15-37-19-9-11-22(29)21(14-19)23-12-10-20(26(31-23)25-17(3)7-8-18(25)4)27(33)32-38(35,36)24-6-5-13-30-28(24)34;;/h5-6,9-14,16-18,25H,7-8,15H2,1-4H3,(H,30,34)(H,32,33);2*1H/t17-,18-;;/m1../s1. The molecule has 206 valence electrons. The van der Waals surface area contributed by atoms with Crippen molar-refractivity contribution < 1.29 is 25.2 Å². The molecule has 1 amide bonds. The number of aromatic nitrogens is 2. The van der Waals surface area contributed by atoms with E-state index in [4.69, 9.17) is 9.72 Å². The second kappa shape index (κ2) is 11.1. The van der Waals surface area contributed by atoms with Crippen LogP contribution in [0.15, 0.2) is 58.4 Å². The van der Waals surface area contributed by atoms with Gasteiger partial charge in [0.25, 0.3) is 21.5 Å². The van der Waals surface area contributed by atoms with Gasteiger partial charge < -0.3 is 9.72 Å². The number of hydrogen-bond donors (Lipinski definition) is 2. The van der Waals surface area contributed by atoms with E-state index >= 15 is 0 Å². The van der Waals surface area contributed by atoms with E-state index in [1.165, 1.54) is 30.5 Å². The molecule has 2 heterocycles. The molecule has 10 heteroatoms. The van der Waals surface area contributed by atoms with Crippen LogP contribution in [0.25, 0.3) is 11.3 Å². The summed E-state index contributed by atoms with van der Waals surface area (Å²) in [6.07, 6.45) is 3.14. The van der Waals surface area contributed by atoms with Gasteiger partial charge in [-0.25, -0.2) is 17.5 Å². The van der Waals surface area contributed by atoms with Crippen molar-refractivity contribution >= 4 is 15.9 Å². The lowest BCUT2D eigenvalue weighted by molar-refractivity contribution is 0.0979. The first kappa shape index (κ1) is 27.5. The second-order valence-corrected chi connectivity index (χ2v) is 12.0. The van der Waals surface area contributed by atoms with Crippen LogP contribution in [0.4, 0.5) is 4.39 Å². The molecule has 1 aliphatic carbocycles. The van der Waals surface area contributed by atoms with Crippen LogP contribution in [0.2, 0.25) is 0 Å². The summed E-state index contributed by atoms with van der Waals surface area (Å²) < 4.78 is 48.4. The number of benzene rings is 1. The van der Waals surface area contributed by atoms with Crippen molar-refractivity contribution in [2.24, 2.45) is 17.8 Å². The summed E-state index contributed by atoms with van der Waals surface area (Å²) in [5, 5.41) is 0. The molecule has 0 radical (unpaired) electrons. The van der Waals surface area contributed by atoms with Gasteiger partial charge >= 0.3 is 0 Å². The van der Waals surface area contributed by atoms with E-state index in [-0.39, 0.29) is 31.7 Å². The molecule has 0 bridgehead atoms. The van der Waals surface area contributed by atoms with E-state index in [0.717, 1.165) is 18.9 Å².